The van der Waals surface area contributed by atoms with E-state index in [1.54, 1.807) is 12.0 Å². The van der Waals surface area contributed by atoms with Gasteiger partial charge in [0.25, 0.3) is 0 Å². The summed E-state index contributed by atoms with van der Waals surface area (Å²) in [5, 5.41) is 2.96. The number of methoxy groups -OCH3 is 1. The van der Waals surface area contributed by atoms with Gasteiger partial charge in [0.1, 0.15) is 17.4 Å². The van der Waals surface area contributed by atoms with E-state index in [9.17, 15) is 4.79 Å². The third-order valence-electron chi connectivity index (χ3n) is 4.64. The van der Waals surface area contributed by atoms with Crippen molar-refractivity contribution in [1.29, 1.82) is 0 Å². The summed E-state index contributed by atoms with van der Waals surface area (Å²) in [6, 6.07) is 7.45. The molecule has 0 bridgehead atoms. The largest absolute Gasteiger partial charge is 0.495 e. The lowest BCUT2D eigenvalue weighted by molar-refractivity contribution is 0.207. The highest BCUT2D eigenvalue weighted by Crippen LogP contribution is 2.26. The van der Waals surface area contributed by atoms with Gasteiger partial charge in [-0.05, 0) is 45.4 Å². The lowest BCUT2D eigenvalue weighted by Gasteiger charge is -2.35. The number of nitrogens with one attached hydrogen (secondary N) is 1. The van der Waals surface area contributed by atoms with E-state index >= 15 is 0 Å². The first-order valence-corrected chi connectivity index (χ1v) is 9.83. The van der Waals surface area contributed by atoms with Crippen LogP contribution in [0.4, 0.5) is 16.3 Å². The second kappa shape index (κ2) is 8.98. The fourth-order valence-electron chi connectivity index (χ4n) is 3.24. The van der Waals surface area contributed by atoms with Crippen LogP contribution in [0.1, 0.15) is 25.2 Å². The summed E-state index contributed by atoms with van der Waals surface area (Å²) >= 11 is 0. The Bertz CT molecular complexity index is 863. The fourth-order valence-corrected chi connectivity index (χ4v) is 3.24. The second-order valence-corrected chi connectivity index (χ2v) is 7.39. The number of benzene rings is 1. The molecular formula is C21H29N5O3. The molecule has 0 aliphatic carbocycles. The molecule has 2 aromatic rings. The number of ether oxygens (including phenoxy) is 2. The predicted octanol–water partition coefficient (Wildman–Crippen LogP) is 3.24. The van der Waals surface area contributed by atoms with Gasteiger partial charge in [0.2, 0.25) is 5.88 Å². The number of carbonyl (C=O) groups excluding carboxylic acids is 1. The number of aromatic nitrogens is 2. The number of aryl methyl sites for hydroxylation is 2. The average molecular weight is 399 g/mol. The molecule has 156 valence electrons. The Kier molecular flexibility index (Phi) is 6.41. The number of anilines is 2. The van der Waals surface area contributed by atoms with Gasteiger partial charge in [0, 0.05) is 32.2 Å². The summed E-state index contributed by atoms with van der Waals surface area (Å²) in [4.78, 5) is 25.5. The van der Waals surface area contributed by atoms with E-state index in [1.165, 1.54) is 0 Å². The van der Waals surface area contributed by atoms with E-state index in [-0.39, 0.29) is 12.1 Å². The minimum atomic E-state index is -0.128. The first kappa shape index (κ1) is 20.7. The highest BCUT2D eigenvalue weighted by molar-refractivity contribution is 5.91. The van der Waals surface area contributed by atoms with Gasteiger partial charge in [-0.3, -0.25) is 0 Å². The molecule has 0 saturated carbocycles. The SMILES string of the molecule is COc1ccc(C)cc1NC(=O)N1CCN(c2cc(OC(C)C)nc(C)n2)CC1. The number of nitrogens with zero attached hydrogens (tertiary/aromatic N) is 4. The maximum atomic E-state index is 12.7. The Balaban J connectivity index is 1.63. The zero-order chi connectivity index (χ0) is 21.0. The molecule has 1 aromatic carbocycles. The van der Waals surface area contributed by atoms with E-state index < -0.39 is 0 Å². The monoisotopic (exact) mass is 399 g/mol. The molecular weight excluding hydrogens is 370 g/mol. The van der Waals surface area contributed by atoms with Crippen LogP contribution >= 0.6 is 0 Å². The van der Waals surface area contributed by atoms with Gasteiger partial charge in [-0.2, -0.15) is 4.98 Å². The van der Waals surface area contributed by atoms with Gasteiger partial charge in [0.15, 0.2) is 0 Å². The molecule has 0 atom stereocenters. The van der Waals surface area contributed by atoms with Crippen molar-refractivity contribution in [2.75, 3.05) is 43.5 Å². The first-order chi connectivity index (χ1) is 13.9. The maximum absolute atomic E-state index is 12.7. The lowest BCUT2D eigenvalue weighted by Crippen LogP contribution is -2.50. The van der Waals surface area contributed by atoms with Crippen LogP contribution in [0.15, 0.2) is 24.3 Å². The van der Waals surface area contributed by atoms with E-state index in [0.29, 0.717) is 49.3 Å². The molecule has 29 heavy (non-hydrogen) atoms. The van der Waals surface area contributed by atoms with Gasteiger partial charge in [0.05, 0.1) is 18.9 Å². The molecule has 1 aliphatic rings. The normalized spacial score (nSPS) is 14.1. The van der Waals surface area contributed by atoms with Crippen molar-refractivity contribution in [2.24, 2.45) is 0 Å². The van der Waals surface area contributed by atoms with Gasteiger partial charge >= 0.3 is 6.03 Å². The van der Waals surface area contributed by atoms with E-state index in [0.717, 1.165) is 11.4 Å². The predicted molar refractivity (Wildman–Crippen MR) is 113 cm³/mol. The number of urea groups is 1. The average Bonchev–Trinajstić information content (AvgIpc) is 2.67. The van der Waals surface area contributed by atoms with Gasteiger partial charge in [-0.25, -0.2) is 9.78 Å². The molecule has 8 heteroatoms. The van der Waals surface area contributed by atoms with Crippen LogP contribution in [0, 0.1) is 13.8 Å². The second-order valence-electron chi connectivity index (χ2n) is 7.39. The van der Waals surface area contributed by atoms with Crippen LogP contribution in [0.25, 0.3) is 0 Å². The summed E-state index contributed by atoms with van der Waals surface area (Å²) in [6.07, 6.45) is 0.0521. The molecule has 3 rings (SSSR count). The van der Waals surface area contributed by atoms with E-state index in [2.05, 4.69) is 20.2 Å². The van der Waals surface area contributed by atoms with Crippen molar-refractivity contribution in [2.45, 2.75) is 33.8 Å². The fraction of sp³-hybridized carbons (Fsp3) is 0.476. The molecule has 1 aromatic heterocycles. The Morgan fingerprint density at radius 1 is 1.10 bits per heavy atom. The molecule has 8 nitrogen and oxygen atoms in total. The Hall–Kier alpha value is -3.03. The summed E-state index contributed by atoms with van der Waals surface area (Å²) in [5.41, 5.74) is 1.74. The number of rotatable bonds is 5. The summed E-state index contributed by atoms with van der Waals surface area (Å²) in [6.45, 7) is 10.4. The van der Waals surface area contributed by atoms with E-state index in [4.69, 9.17) is 9.47 Å². The summed E-state index contributed by atoms with van der Waals surface area (Å²) in [5.74, 6) is 2.73. The molecule has 1 N–H and O–H groups in total. The third-order valence-corrected chi connectivity index (χ3v) is 4.64. The molecule has 0 unspecified atom stereocenters. The summed E-state index contributed by atoms with van der Waals surface area (Å²) in [7, 11) is 1.60. The molecule has 1 fully saturated rings. The van der Waals surface area contributed by atoms with Gasteiger partial charge in [-0.15, -0.1) is 0 Å². The molecule has 2 heterocycles. The Labute approximate surface area is 171 Å². The van der Waals surface area contributed by atoms with Crippen LogP contribution in [0.3, 0.4) is 0 Å². The number of piperazine rings is 1. The first-order valence-electron chi connectivity index (χ1n) is 9.83. The molecule has 1 saturated heterocycles. The van der Waals surface area contributed by atoms with Crippen LogP contribution in [0.2, 0.25) is 0 Å². The third kappa shape index (κ3) is 5.28. The van der Waals surface area contributed by atoms with Crippen molar-refractivity contribution >= 4 is 17.5 Å². The van der Waals surface area contributed by atoms with Crippen LogP contribution in [0.5, 0.6) is 11.6 Å². The minimum Gasteiger partial charge on any atom is -0.495 e. The Morgan fingerprint density at radius 3 is 2.48 bits per heavy atom. The number of amides is 2. The standard InChI is InChI=1S/C21H29N5O3/c1-14(2)29-20-13-19(22-16(4)23-20)25-8-10-26(11-9-25)21(27)24-17-12-15(3)6-7-18(17)28-5/h6-7,12-14H,8-11H2,1-5H3,(H,24,27). The topological polar surface area (TPSA) is 79.8 Å². The zero-order valence-electron chi connectivity index (χ0n) is 17.7. The summed E-state index contributed by atoms with van der Waals surface area (Å²) < 4.78 is 11.1. The number of carbonyl (C=O) groups is 1. The van der Waals surface area contributed by atoms with Crippen LogP contribution < -0.4 is 19.7 Å². The van der Waals surface area contributed by atoms with E-state index in [1.807, 2.05) is 52.0 Å². The molecule has 0 spiro atoms. The Morgan fingerprint density at radius 2 is 1.83 bits per heavy atom. The van der Waals surface area contributed by atoms with Crippen molar-refractivity contribution in [3.8, 4) is 11.6 Å². The highest BCUT2D eigenvalue weighted by atomic mass is 16.5. The van der Waals surface area contributed by atoms with Crippen molar-refractivity contribution in [1.82, 2.24) is 14.9 Å². The quantitative estimate of drug-likeness (QED) is 0.831. The highest BCUT2D eigenvalue weighted by Gasteiger charge is 2.23. The molecule has 0 radical (unpaired) electrons. The smallest absolute Gasteiger partial charge is 0.322 e. The minimum absolute atomic E-state index is 0.0521. The zero-order valence-corrected chi connectivity index (χ0v) is 17.7. The van der Waals surface area contributed by atoms with Crippen molar-refractivity contribution in [3.63, 3.8) is 0 Å². The van der Waals surface area contributed by atoms with Gasteiger partial charge < -0.3 is 24.6 Å². The van der Waals surface area contributed by atoms with Gasteiger partial charge in [-0.1, -0.05) is 6.07 Å². The number of hydrogen-bond acceptors (Lipinski definition) is 6. The van der Waals surface area contributed by atoms with Crippen molar-refractivity contribution < 1.29 is 14.3 Å². The van der Waals surface area contributed by atoms with Crippen LogP contribution in [-0.4, -0.2) is 60.3 Å². The lowest BCUT2D eigenvalue weighted by atomic mass is 10.2. The molecule has 2 amide bonds. The maximum Gasteiger partial charge on any atom is 0.322 e. The van der Waals surface area contributed by atoms with Crippen LogP contribution in [-0.2, 0) is 0 Å². The van der Waals surface area contributed by atoms with Crippen molar-refractivity contribution in [3.05, 3.63) is 35.7 Å². The number of hydrogen-bond donors (Lipinski definition) is 1. The molecule has 1 aliphatic heterocycles.